The van der Waals surface area contributed by atoms with Crippen LogP contribution in [0.15, 0.2) is 18.2 Å². The van der Waals surface area contributed by atoms with Crippen molar-refractivity contribution in [3.05, 3.63) is 29.3 Å². The Labute approximate surface area is 101 Å². The standard InChI is InChI=1S/C13H18N2O2/c1-8-3-4-11(12(16)5-8)9(2)15-10-6-13(17)14-7-10/h3-5,9-10,15-16H,6-7H2,1-2H3,(H,14,17). The molecule has 4 heteroatoms. The molecule has 0 bridgehead atoms. The highest BCUT2D eigenvalue weighted by molar-refractivity contribution is 5.78. The normalized spacial score (nSPS) is 21.3. The molecule has 1 aromatic rings. The third-order valence-corrected chi connectivity index (χ3v) is 3.12. The van der Waals surface area contributed by atoms with E-state index in [1.807, 2.05) is 26.0 Å². The molecule has 1 saturated heterocycles. The number of nitrogens with one attached hydrogen (secondary N) is 2. The number of rotatable bonds is 3. The van der Waals surface area contributed by atoms with Crippen LogP contribution in [0, 0.1) is 6.92 Å². The highest BCUT2D eigenvalue weighted by atomic mass is 16.3. The minimum Gasteiger partial charge on any atom is -0.508 e. The SMILES string of the molecule is Cc1ccc(C(C)NC2CNC(=O)C2)c(O)c1. The number of carbonyl (C=O) groups is 1. The largest absolute Gasteiger partial charge is 0.508 e. The number of phenolic OH excluding ortho intramolecular Hbond substituents is 1. The first-order valence-electron chi connectivity index (χ1n) is 5.88. The third kappa shape index (κ3) is 2.77. The fourth-order valence-electron chi connectivity index (χ4n) is 2.19. The molecule has 1 aliphatic heterocycles. The molecule has 0 aliphatic carbocycles. The molecule has 1 amide bonds. The van der Waals surface area contributed by atoms with Gasteiger partial charge in [0.1, 0.15) is 5.75 Å². The lowest BCUT2D eigenvalue weighted by atomic mass is 10.0. The molecule has 2 atom stereocenters. The lowest BCUT2D eigenvalue weighted by molar-refractivity contribution is -0.119. The number of hydrogen-bond acceptors (Lipinski definition) is 3. The van der Waals surface area contributed by atoms with Crippen molar-refractivity contribution in [2.24, 2.45) is 0 Å². The summed E-state index contributed by atoms with van der Waals surface area (Å²) in [7, 11) is 0. The van der Waals surface area contributed by atoms with Crippen molar-refractivity contribution >= 4 is 5.91 Å². The van der Waals surface area contributed by atoms with E-state index in [2.05, 4.69) is 10.6 Å². The van der Waals surface area contributed by atoms with Crippen molar-refractivity contribution in [2.45, 2.75) is 32.4 Å². The Balaban J connectivity index is 2.04. The van der Waals surface area contributed by atoms with Gasteiger partial charge in [0.15, 0.2) is 0 Å². The monoisotopic (exact) mass is 234 g/mol. The minimum absolute atomic E-state index is 0.0355. The van der Waals surface area contributed by atoms with Crippen molar-refractivity contribution in [1.82, 2.24) is 10.6 Å². The van der Waals surface area contributed by atoms with Crippen LogP contribution in [0.4, 0.5) is 0 Å². The molecule has 1 aliphatic rings. The number of benzene rings is 1. The van der Waals surface area contributed by atoms with Crippen molar-refractivity contribution in [2.75, 3.05) is 6.54 Å². The van der Waals surface area contributed by atoms with E-state index in [0.29, 0.717) is 18.7 Å². The van der Waals surface area contributed by atoms with E-state index in [4.69, 9.17) is 0 Å². The quantitative estimate of drug-likeness (QED) is 0.737. The van der Waals surface area contributed by atoms with Gasteiger partial charge in [0, 0.05) is 30.6 Å². The van der Waals surface area contributed by atoms with E-state index in [0.717, 1.165) is 11.1 Å². The molecule has 1 aromatic carbocycles. The van der Waals surface area contributed by atoms with E-state index in [1.54, 1.807) is 6.07 Å². The Morgan fingerprint density at radius 1 is 1.53 bits per heavy atom. The Hall–Kier alpha value is -1.55. The molecule has 0 aromatic heterocycles. The predicted octanol–water partition coefficient (Wildman–Crippen LogP) is 1.24. The average Bonchev–Trinajstić information content (AvgIpc) is 2.63. The Kier molecular flexibility index (Phi) is 3.33. The van der Waals surface area contributed by atoms with Crippen LogP contribution in [0.1, 0.15) is 30.5 Å². The van der Waals surface area contributed by atoms with E-state index in [9.17, 15) is 9.90 Å². The maximum absolute atomic E-state index is 11.1. The molecular formula is C13H18N2O2. The molecule has 1 heterocycles. The first-order valence-corrected chi connectivity index (χ1v) is 5.88. The lowest BCUT2D eigenvalue weighted by Gasteiger charge is -2.19. The zero-order valence-corrected chi connectivity index (χ0v) is 10.2. The van der Waals surface area contributed by atoms with Crippen LogP contribution in [0.5, 0.6) is 5.75 Å². The summed E-state index contributed by atoms with van der Waals surface area (Å²) in [6.45, 7) is 4.60. The number of phenols is 1. The number of carbonyl (C=O) groups excluding carboxylic acids is 1. The second-order valence-corrected chi connectivity index (χ2v) is 4.66. The zero-order chi connectivity index (χ0) is 12.4. The van der Waals surface area contributed by atoms with Crippen LogP contribution in [0.25, 0.3) is 0 Å². The molecular weight excluding hydrogens is 216 g/mol. The molecule has 0 radical (unpaired) electrons. The van der Waals surface area contributed by atoms with Crippen molar-refractivity contribution in [1.29, 1.82) is 0 Å². The Morgan fingerprint density at radius 3 is 2.88 bits per heavy atom. The molecule has 0 spiro atoms. The van der Waals surface area contributed by atoms with E-state index < -0.39 is 0 Å². The van der Waals surface area contributed by atoms with Crippen molar-refractivity contribution in [3.8, 4) is 5.75 Å². The fourth-order valence-corrected chi connectivity index (χ4v) is 2.19. The van der Waals surface area contributed by atoms with Gasteiger partial charge in [-0.25, -0.2) is 0 Å². The number of amides is 1. The second-order valence-electron chi connectivity index (χ2n) is 4.66. The zero-order valence-electron chi connectivity index (χ0n) is 10.2. The van der Waals surface area contributed by atoms with Gasteiger partial charge in [-0.1, -0.05) is 12.1 Å². The summed E-state index contributed by atoms with van der Waals surface area (Å²) >= 11 is 0. The van der Waals surface area contributed by atoms with Gasteiger partial charge < -0.3 is 15.7 Å². The molecule has 92 valence electrons. The van der Waals surface area contributed by atoms with Crippen LogP contribution in [0.3, 0.4) is 0 Å². The summed E-state index contributed by atoms with van der Waals surface area (Å²) in [6, 6.07) is 5.84. The summed E-state index contributed by atoms with van der Waals surface area (Å²) in [5.74, 6) is 0.394. The third-order valence-electron chi connectivity index (χ3n) is 3.12. The summed E-state index contributed by atoms with van der Waals surface area (Å²) in [4.78, 5) is 11.1. The predicted molar refractivity (Wildman–Crippen MR) is 65.8 cm³/mol. The van der Waals surface area contributed by atoms with Gasteiger partial charge in [0.25, 0.3) is 0 Å². The number of aromatic hydroxyl groups is 1. The maximum Gasteiger partial charge on any atom is 0.221 e. The van der Waals surface area contributed by atoms with Crippen LogP contribution < -0.4 is 10.6 Å². The highest BCUT2D eigenvalue weighted by Gasteiger charge is 2.23. The van der Waals surface area contributed by atoms with Gasteiger partial charge in [-0.2, -0.15) is 0 Å². The van der Waals surface area contributed by atoms with Crippen LogP contribution in [-0.4, -0.2) is 23.6 Å². The molecule has 2 rings (SSSR count). The number of aryl methyl sites for hydroxylation is 1. The smallest absolute Gasteiger partial charge is 0.221 e. The summed E-state index contributed by atoms with van der Waals surface area (Å²) < 4.78 is 0. The van der Waals surface area contributed by atoms with Crippen LogP contribution in [0.2, 0.25) is 0 Å². The van der Waals surface area contributed by atoms with Gasteiger partial charge in [0.05, 0.1) is 0 Å². The van der Waals surface area contributed by atoms with Gasteiger partial charge in [-0.05, 0) is 25.5 Å². The molecule has 0 saturated carbocycles. The maximum atomic E-state index is 11.1. The molecule has 3 N–H and O–H groups in total. The molecule has 2 unspecified atom stereocenters. The van der Waals surface area contributed by atoms with E-state index in [-0.39, 0.29) is 18.0 Å². The van der Waals surface area contributed by atoms with Crippen LogP contribution in [-0.2, 0) is 4.79 Å². The highest BCUT2D eigenvalue weighted by Crippen LogP contribution is 2.25. The van der Waals surface area contributed by atoms with Crippen molar-refractivity contribution in [3.63, 3.8) is 0 Å². The van der Waals surface area contributed by atoms with Crippen LogP contribution >= 0.6 is 0 Å². The minimum atomic E-state index is 0.0355. The first kappa shape index (κ1) is 11.9. The Morgan fingerprint density at radius 2 is 2.29 bits per heavy atom. The molecule has 17 heavy (non-hydrogen) atoms. The molecule has 4 nitrogen and oxygen atoms in total. The van der Waals surface area contributed by atoms with Gasteiger partial charge >= 0.3 is 0 Å². The summed E-state index contributed by atoms with van der Waals surface area (Å²) in [5, 5.41) is 16.0. The molecule has 1 fully saturated rings. The summed E-state index contributed by atoms with van der Waals surface area (Å²) in [5.41, 5.74) is 1.91. The topological polar surface area (TPSA) is 61.4 Å². The average molecular weight is 234 g/mol. The second kappa shape index (κ2) is 4.75. The summed E-state index contributed by atoms with van der Waals surface area (Å²) in [6.07, 6.45) is 0.511. The van der Waals surface area contributed by atoms with E-state index >= 15 is 0 Å². The van der Waals surface area contributed by atoms with E-state index in [1.165, 1.54) is 0 Å². The fraction of sp³-hybridized carbons (Fsp3) is 0.462. The van der Waals surface area contributed by atoms with Gasteiger partial charge in [-0.15, -0.1) is 0 Å². The number of hydrogen-bond donors (Lipinski definition) is 3. The van der Waals surface area contributed by atoms with Crippen molar-refractivity contribution < 1.29 is 9.90 Å². The first-order chi connectivity index (χ1) is 8.06. The lowest BCUT2D eigenvalue weighted by Crippen LogP contribution is -2.33. The van der Waals surface area contributed by atoms with Gasteiger partial charge in [0.2, 0.25) is 5.91 Å². The Bertz CT molecular complexity index is 431. The van der Waals surface area contributed by atoms with Gasteiger partial charge in [-0.3, -0.25) is 4.79 Å².